The van der Waals surface area contributed by atoms with Crippen molar-refractivity contribution in [2.45, 2.75) is 19.0 Å². The summed E-state index contributed by atoms with van der Waals surface area (Å²) in [5.74, 6) is -0.997. The molecule has 3 rings (SSSR count). The zero-order valence-electron chi connectivity index (χ0n) is 14.9. The molecule has 29 heavy (non-hydrogen) atoms. The average molecular weight is 430 g/mol. The van der Waals surface area contributed by atoms with Gasteiger partial charge in [-0.15, -0.1) is 0 Å². The van der Waals surface area contributed by atoms with E-state index >= 15 is 0 Å². The molecule has 11 heteroatoms. The highest BCUT2D eigenvalue weighted by molar-refractivity contribution is 6.33. The molecule has 0 bridgehead atoms. The first-order chi connectivity index (χ1) is 13.6. The fraction of sp³-hybridized carbons (Fsp3) is 0.278. The van der Waals surface area contributed by atoms with Crippen molar-refractivity contribution in [3.05, 3.63) is 68.0 Å². The second-order valence-electron chi connectivity index (χ2n) is 6.53. The van der Waals surface area contributed by atoms with Crippen LogP contribution < -0.4 is 16.2 Å². The molecule has 4 N–H and O–H groups in total. The van der Waals surface area contributed by atoms with E-state index in [0.29, 0.717) is 23.9 Å². The van der Waals surface area contributed by atoms with E-state index in [-0.39, 0.29) is 41.4 Å². The van der Waals surface area contributed by atoms with E-state index in [2.05, 4.69) is 10.2 Å². The third-order valence-electron chi connectivity index (χ3n) is 4.61. The zero-order chi connectivity index (χ0) is 21.3. The quantitative estimate of drug-likeness (QED) is 0.513. The largest absolute Gasteiger partial charge is 0.416 e. The summed E-state index contributed by atoms with van der Waals surface area (Å²) in [6.45, 7) is 0.483. The molecule has 0 spiro atoms. The number of nitrogens with one attached hydrogen (secondary N) is 2. The van der Waals surface area contributed by atoms with Gasteiger partial charge in [0.05, 0.1) is 24.0 Å². The lowest BCUT2D eigenvalue weighted by atomic mass is 9.93. The Hall–Kier alpha value is -2.88. The van der Waals surface area contributed by atoms with Gasteiger partial charge in [0.1, 0.15) is 10.8 Å². The Morgan fingerprint density at radius 1 is 1.38 bits per heavy atom. The van der Waals surface area contributed by atoms with Crippen LogP contribution in [0.1, 0.15) is 17.5 Å². The van der Waals surface area contributed by atoms with Gasteiger partial charge < -0.3 is 16.0 Å². The molecular formula is C18H16ClF4N5O. The lowest BCUT2D eigenvalue weighted by Gasteiger charge is -2.31. The zero-order valence-corrected chi connectivity index (χ0v) is 15.7. The summed E-state index contributed by atoms with van der Waals surface area (Å²) >= 11 is 5.99. The number of halogens is 5. The Morgan fingerprint density at radius 2 is 2.10 bits per heavy atom. The standard InChI is InChI=1S/C18H16ClF4N5O/c19-16-15(7-26-27-17(16)29)28-4-3-11(14(25)8-28)13(24)5-9-1-2-10(20)6-12(9)18(21,22)23/h1-2,6-7,24H,3-5,8,25H2,(H,27,29). The lowest BCUT2D eigenvalue weighted by Crippen LogP contribution is -2.37. The molecule has 2 heterocycles. The van der Waals surface area contributed by atoms with Crippen molar-refractivity contribution >= 4 is 23.0 Å². The van der Waals surface area contributed by atoms with Crippen molar-refractivity contribution in [2.75, 3.05) is 18.0 Å². The van der Waals surface area contributed by atoms with Crippen molar-refractivity contribution < 1.29 is 17.6 Å². The molecule has 1 aliphatic rings. The average Bonchev–Trinajstić information content (AvgIpc) is 2.64. The summed E-state index contributed by atoms with van der Waals surface area (Å²) in [6.07, 6.45) is -3.42. The minimum atomic E-state index is -4.73. The van der Waals surface area contributed by atoms with Crippen LogP contribution in [0.15, 0.2) is 40.5 Å². The van der Waals surface area contributed by atoms with E-state index in [0.717, 1.165) is 12.1 Å². The number of anilines is 1. The number of aromatic amines is 1. The van der Waals surface area contributed by atoms with Crippen LogP contribution in [0.4, 0.5) is 23.2 Å². The van der Waals surface area contributed by atoms with Crippen LogP contribution in [0.3, 0.4) is 0 Å². The molecule has 0 amide bonds. The summed E-state index contributed by atoms with van der Waals surface area (Å²) in [5.41, 5.74) is 5.21. The van der Waals surface area contributed by atoms with E-state index in [1.165, 1.54) is 6.20 Å². The minimum absolute atomic E-state index is 0.0487. The van der Waals surface area contributed by atoms with E-state index in [1.807, 2.05) is 0 Å². The van der Waals surface area contributed by atoms with Crippen LogP contribution in [-0.2, 0) is 12.6 Å². The number of alkyl halides is 3. The van der Waals surface area contributed by atoms with Gasteiger partial charge in [-0.25, -0.2) is 9.49 Å². The molecule has 1 aromatic heterocycles. The Kier molecular flexibility index (Phi) is 5.65. The number of benzene rings is 1. The highest BCUT2D eigenvalue weighted by Gasteiger charge is 2.34. The topological polar surface area (TPSA) is 98.9 Å². The van der Waals surface area contributed by atoms with Crippen molar-refractivity contribution in [1.82, 2.24) is 10.2 Å². The fourth-order valence-electron chi connectivity index (χ4n) is 3.20. The van der Waals surface area contributed by atoms with Gasteiger partial charge in [-0.05, 0) is 29.7 Å². The first-order valence-electron chi connectivity index (χ1n) is 8.47. The first-order valence-corrected chi connectivity index (χ1v) is 8.84. The minimum Gasteiger partial charge on any atom is -0.400 e. The fourth-order valence-corrected chi connectivity index (χ4v) is 3.41. The Bertz CT molecular complexity index is 1050. The smallest absolute Gasteiger partial charge is 0.400 e. The Morgan fingerprint density at radius 3 is 2.76 bits per heavy atom. The molecule has 0 aliphatic carbocycles. The van der Waals surface area contributed by atoms with Gasteiger partial charge >= 0.3 is 6.18 Å². The van der Waals surface area contributed by atoms with E-state index in [1.54, 1.807) is 4.90 Å². The van der Waals surface area contributed by atoms with Crippen molar-refractivity contribution in [3.63, 3.8) is 0 Å². The highest BCUT2D eigenvalue weighted by atomic mass is 35.5. The monoisotopic (exact) mass is 429 g/mol. The van der Waals surface area contributed by atoms with Gasteiger partial charge in [-0.2, -0.15) is 18.3 Å². The molecule has 0 atom stereocenters. The van der Waals surface area contributed by atoms with Crippen LogP contribution in [-0.4, -0.2) is 29.0 Å². The molecule has 0 saturated heterocycles. The van der Waals surface area contributed by atoms with Gasteiger partial charge in [-0.1, -0.05) is 17.7 Å². The van der Waals surface area contributed by atoms with E-state index < -0.39 is 23.1 Å². The molecule has 6 nitrogen and oxygen atoms in total. The number of aromatic nitrogens is 2. The number of nitrogens with two attached hydrogens (primary N) is 1. The van der Waals surface area contributed by atoms with Gasteiger partial charge in [0.2, 0.25) is 0 Å². The molecule has 2 aromatic rings. The Labute approximate surface area is 167 Å². The molecule has 1 aromatic carbocycles. The second kappa shape index (κ2) is 7.86. The number of nitrogens with zero attached hydrogens (tertiary/aromatic N) is 2. The maximum absolute atomic E-state index is 13.3. The SMILES string of the molecule is N=C(Cc1ccc(F)cc1C(F)(F)F)C1=C(N)CN(c2cn[nH]c(=O)c2Cl)CC1. The summed E-state index contributed by atoms with van der Waals surface area (Å²) in [7, 11) is 0. The maximum Gasteiger partial charge on any atom is 0.416 e. The number of hydrogen-bond acceptors (Lipinski definition) is 5. The lowest BCUT2D eigenvalue weighted by molar-refractivity contribution is -0.138. The molecule has 0 radical (unpaired) electrons. The molecule has 0 unspecified atom stereocenters. The predicted octanol–water partition coefficient (Wildman–Crippen LogP) is 3.27. The number of H-pyrrole nitrogens is 1. The number of rotatable bonds is 4. The van der Waals surface area contributed by atoms with Gasteiger partial charge in [0.15, 0.2) is 0 Å². The normalized spacial score (nSPS) is 15.0. The van der Waals surface area contributed by atoms with Gasteiger partial charge in [0.25, 0.3) is 5.56 Å². The summed E-state index contributed by atoms with van der Waals surface area (Å²) in [4.78, 5) is 13.3. The predicted molar refractivity (Wildman–Crippen MR) is 101 cm³/mol. The first kappa shape index (κ1) is 20.8. The molecular weight excluding hydrogens is 414 g/mol. The van der Waals surface area contributed by atoms with Crippen molar-refractivity contribution in [3.8, 4) is 0 Å². The second-order valence-corrected chi connectivity index (χ2v) is 6.91. The molecule has 1 aliphatic heterocycles. The molecule has 0 fully saturated rings. The van der Waals surface area contributed by atoms with Gasteiger partial charge in [0, 0.05) is 24.4 Å². The molecule has 0 saturated carbocycles. The van der Waals surface area contributed by atoms with Crippen LogP contribution in [0.5, 0.6) is 0 Å². The van der Waals surface area contributed by atoms with Crippen LogP contribution >= 0.6 is 11.6 Å². The summed E-state index contributed by atoms with van der Waals surface area (Å²) in [6, 6.07) is 2.38. The van der Waals surface area contributed by atoms with Crippen molar-refractivity contribution in [2.24, 2.45) is 5.73 Å². The van der Waals surface area contributed by atoms with Gasteiger partial charge in [-0.3, -0.25) is 4.79 Å². The summed E-state index contributed by atoms with van der Waals surface area (Å²) in [5, 5.41) is 14.1. The third kappa shape index (κ3) is 4.42. The summed E-state index contributed by atoms with van der Waals surface area (Å²) < 4.78 is 52.8. The van der Waals surface area contributed by atoms with E-state index in [9.17, 15) is 22.4 Å². The number of hydrogen-bond donors (Lipinski definition) is 3. The van der Waals surface area contributed by atoms with E-state index in [4.69, 9.17) is 22.7 Å². The third-order valence-corrected chi connectivity index (χ3v) is 4.97. The van der Waals surface area contributed by atoms with Crippen molar-refractivity contribution in [1.29, 1.82) is 5.41 Å². The van der Waals surface area contributed by atoms with Crippen LogP contribution in [0.2, 0.25) is 5.02 Å². The Balaban J connectivity index is 1.83. The molecule has 154 valence electrons. The van der Waals surface area contributed by atoms with Crippen LogP contribution in [0.25, 0.3) is 0 Å². The van der Waals surface area contributed by atoms with Crippen LogP contribution in [0, 0.1) is 11.2 Å². The highest BCUT2D eigenvalue weighted by Crippen LogP contribution is 2.34. The maximum atomic E-state index is 13.3.